The number of rotatable bonds is 7. The van der Waals surface area contributed by atoms with Gasteiger partial charge >= 0.3 is 0 Å². The predicted molar refractivity (Wildman–Crippen MR) is 116 cm³/mol. The molecule has 0 bridgehead atoms. The number of hydrogen-bond acceptors (Lipinski definition) is 5. The second kappa shape index (κ2) is 10.6. The van der Waals surface area contributed by atoms with E-state index < -0.39 is 0 Å². The molecule has 0 radical (unpaired) electrons. The first-order chi connectivity index (χ1) is 13.0. The maximum atomic E-state index is 12.5. The van der Waals surface area contributed by atoms with Crippen molar-refractivity contribution < 1.29 is 9.59 Å². The monoisotopic (exact) mass is 410 g/mol. The minimum atomic E-state index is 0.0197. The highest BCUT2D eigenvalue weighted by Crippen LogP contribution is 2.38. The fourth-order valence-corrected chi connectivity index (χ4v) is 4.39. The first-order valence-electron chi connectivity index (χ1n) is 9.61. The van der Waals surface area contributed by atoms with Crippen LogP contribution in [0.3, 0.4) is 0 Å². The van der Waals surface area contributed by atoms with E-state index in [4.69, 9.17) is 18.0 Å². The number of aldehydes is 1. The van der Waals surface area contributed by atoms with Gasteiger partial charge in [-0.05, 0) is 56.3 Å². The Morgan fingerprint density at radius 1 is 1.37 bits per heavy atom. The maximum absolute atomic E-state index is 12.5. The Kier molecular flexibility index (Phi) is 8.50. The van der Waals surface area contributed by atoms with Crippen molar-refractivity contribution in [2.24, 2.45) is 11.7 Å². The molecular formula is C19H30N4O2S2. The summed E-state index contributed by atoms with van der Waals surface area (Å²) in [5, 5.41) is 10.6. The lowest BCUT2D eigenvalue weighted by atomic mass is 9.91. The third-order valence-corrected chi connectivity index (χ3v) is 6.12. The lowest BCUT2D eigenvalue weighted by Gasteiger charge is -2.24. The number of carbonyl (C=O) groups excluding carboxylic acids is 2. The maximum Gasteiger partial charge on any atom is 0.254 e. The average molecular weight is 411 g/mol. The van der Waals surface area contributed by atoms with Crippen molar-refractivity contribution in [1.29, 1.82) is 0 Å². The smallest absolute Gasteiger partial charge is 0.254 e. The van der Waals surface area contributed by atoms with Gasteiger partial charge in [-0.15, -0.1) is 11.3 Å². The Bertz CT molecular complexity index is 671. The molecule has 2 aliphatic rings. The summed E-state index contributed by atoms with van der Waals surface area (Å²) in [5.41, 5.74) is 7.53. The Balaban J connectivity index is 0.000000451. The molecule has 8 heteroatoms. The Morgan fingerprint density at radius 3 is 2.63 bits per heavy atom. The number of thiocarbonyl (C=S) groups is 1. The number of nitrogens with one attached hydrogen (secondary N) is 3. The van der Waals surface area contributed by atoms with E-state index >= 15 is 0 Å². The van der Waals surface area contributed by atoms with Gasteiger partial charge in [0.15, 0.2) is 5.11 Å². The number of nitrogens with two attached hydrogens (primary N) is 1. The third-order valence-electron chi connectivity index (χ3n) is 4.69. The van der Waals surface area contributed by atoms with E-state index in [0.29, 0.717) is 11.0 Å². The van der Waals surface area contributed by atoms with Crippen LogP contribution in [0.4, 0.5) is 5.00 Å². The van der Waals surface area contributed by atoms with Crippen LogP contribution in [0.15, 0.2) is 0 Å². The van der Waals surface area contributed by atoms with E-state index in [9.17, 15) is 9.59 Å². The summed E-state index contributed by atoms with van der Waals surface area (Å²) in [7, 11) is 1.87. The van der Waals surface area contributed by atoms with Crippen LogP contribution in [-0.2, 0) is 17.6 Å². The van der Waals surface area contributed by atoms with E-state index in [1.165, 1.54) is 4.88 Å². The summed E-state index contributed by atoms with van der Waals surface area (Å²) in [5.74, 6) is 0.473. The van der Waals surface area contributed by atoms with Crippen molar-refractivity contribution in [3.8, 4) is 0 Å². The van der Waals surface area contributed by atoms with Gasteiger partial charge in [-0.3, -0.25) is 4.79 Å². The topological polar surface area (TPSA) is 96.2 Å². The van der Waals surface area contributed by atoms with Gasteiger partial charge in [-0.25, -0.2) is 0 Å². The van der Waals surface area contributed by atoms with Gasteiger partial charge in [0, 0.05) is 30.4 Å². The molecule has 1 unspecified atom stereocenters. The number of carbonyl (C=O) groups is 2. The first-order valence-corrected chi connectivity index (χ1v) is 10.8. The van der Waals surface area contributed by atoms with Crippen LogP contribution in [0.1, 0.15) is 59.8 Å². The highest BCUT2D eigenvalue weighted by molar-refractivity contribution is 7.80. The molecule has 1 aromatic heterocycles. The molecule has 1 aromatic rings. The summed E-state index contributed by atoms with van der Waals surface area (Å²) in [6, 6.07) is 0.214. The summed E-state index contributed by atoms with van der Waals surface area (Å²) in [6.45, 7) is 2.83. The zero-order chi connectivity index (χ0) is 19.8. The predicted octanol–water partition coefficient (Wildman–Crippen LogP) is 2.61. The summed E-state index contributed by atoms with van der Waals surface area (Å²) >= 11 is 6.62. The van der Waals surface area contributed by atoms with Gasteiger partial charge < -0.3 is 26.5 Å². The molecule has 1 heterocycles. The van der Waals surface area contributed by atoms with Crippen LogP contribution in [0, 0.1) is 5.92 Å². The number of amides is 1. The molecule has 0 aromatic carbocycles. The van der Waals surface area contributed by atoms with Crippen molar-refractivity contribution in [3.63, 3.8) is 0 Å². The summed E-state index contributed by atoms with van der Waals surface area (Å²) < 4.78 is 0. The van der Waals surface area contributed by atoms with Gasteiger partial charge in [0.25, 0.3) is 5.91 Å². The van der Waals surface area contributed by atoms with Crippen LogP contribution in [0.5, 0.6) is 0 Å². The van der Waals surface area contributed by atoms with Crippen LogP contribution in [-0.4, -0.2) is 36.9 Å². The number of aryl methyl sites for hydroxylation is 1. The first kappa shape index (κ1) is 21.6. The molecule has 150 valence electrons. The largest absolute Gasteiger partial charge is 0.379 e. The fourth-order valence-electron chi connectivity index (χ4n) is 3.02. The Morgan fingerprint density at radius 2 is 2.11 bits per heavy atom. The number of unbranched alkanes of at least 4 members (excludes halogenated alkanes) is 1. The average Bonchev–Trinajstić information content (AvgIpc) is 3.41. The molecule has 1 saturated carbocycles. The summed E-state index contributed by atoms with van der Waals surface area (Å²) in [6.07, 6.45) is 8.12. The highest BCUT2D eigenvalue weighted by atomic mass is 32.1. The van der Waals surface area contributed by atoms with Crippen LogP contribution in [0.25, 0.3) is 0 Å². The molecule has 1 fully saturated rings. The van der Waals surface area contributed by atoms with Gasteiger partial charge in [0.2, 0.25) is 0 Å². The zero-order valence-corrected chi connectivity index (χ0v) is 17.7. The number of hydrogen-bond donors (Lipinski definition) is 4. The second-order valence-corrected chi connectivity index (χ2v) is 8.53. The van der Waals surface area contributed by atoms with Gasteiger partial charge in [-0.2, -0.15) is 0 Å². The fraction of sp³-hybridized carbons (Fsp3) is 0.632. The van der Waals surface area contributed by atoms with Gasteiger partial charge in [0.05, 0.1) is 5.56 Å². The van der Waals surface area contributed by atoms with Crippen LogP contribution >= 0.6 is 23.6 Å². The lowest BCUT2D eigenvalue weighted by molar-refractivity contribution is -0.108. The molecule has 0 spiro atoms. The van der Waals surface area contributed by atoms with E-state index in [2.05, 4.69) is 22.9 Å². The normalized spacial score (nSPS) is 17.8. The lowest BCUT2D eigenvalue weighted by Crippen LogP contribution is -2.41. The van der Waals surface area contributed by atoms with Crippen molar-refractivity contribution >= 4 is 45.9 Å². The molecule has 1 atom stereocenters. The Hall–Kier alpha value is -1.67. The molecule has 0 saturated heterocycles. The minimum Gasteiger partial charge on any atom is -0.379 e. The van der Waals surface area contributed by atoms with Crippen LogP contribution < -0.4 is 21.7 Å². The second-order valence-electron chi connectivity index (χ2n) is 6.99. The standard InChI is InChI=1S/C15H24N4OS2.C4H6O/c1-3-4-7-18-13(20)12-10-8-9(19-15(16)21)5-6-11(10)22-14(12)17-2;5-3-4-1-2-4/h9,17H,3-8H2,1-2H3,(H,18,20)(H3,16,19,21);3-4H,1-2H2. The molecule has 27 heavy (non-hydrogen) atoms. The van der Waals surface area contributed by atoms with E-state index in [1.54, 1.807) is 11.3 Å². The quantitative estimate of drug-likeness (QED) is 0.313. The van der Waals surface area contributed by atoms with E-state index in [-0.39, 0.29) is 11.9 Å². The number of anilines is 1. The molecule has 6 nitrogen and oxygen atoms in total. The molecule has 3 rings (SSSR count). The highest BCUT2D eigenvalue weighted by Gasteiger charge is 2.28. The van der Waals surface area contributed by atoms with E-state index in [0.717, 1.165) is 73.9 Å². The van der Waals surface area contributed by atoms with Crippen molar-refractivity contribution in [3.05, 3.63) is 16.0 Å². The van der Waals surface area contributed by atoms with E-state index in [1.807, 2.05) is 7.05 Å². The summed E-state index contributed by atoms with van der Waals surface area (Å²) in [4.78, 5) is 23.4. The molecule has 5 N–H and O–H groups in total. The van der Waals surface area contributed by atoms with Gasteiger partial charge in [0.1, 0.15) is 11.3 Å². The van der Waals surface area contributed by atoms with Gasteiger partial charge in [-0.1, -0.05) is 13.3 Å². The van der Waals surface area contributed by atoms with Crippen molar-refractivity contribution in [1.82, 2.24) is 10.6 Å². The minimum absolute atomic E-state index is 0.0197. The number of fused-ring (bicyclic) bond motifs is 1. The Labute approximate surface area is 170 Å². The van der Waals surface area contributed by atoms with Crippen molar-refractivity contribution in [2.75, 3.05) is 18.9 Å². The number of thiophene rings is 1. The molecule has 0 aliphatic heterocycles. The zero-order valence-electron chi connectivity index (χ0n) is 16.1. The van der Waals surface area contributed by atoms with Crippen LogP contribution in [0.2, 0.25) is 0 Å². The SMILES string of the molecule is CCCCNC(=O)c1c(NC)sc2c1CC(NC(N)=S)CC2.O=CC1CC1. The third kappa shape index (κ3) is 6.46. The molecule has 1 amide bonds. The molecule has 2 aliphatic carbocycles. The van der Waals surface area contributed by atoms with Crippen molar-refractivity contribution in [2.45, 2.75) is 57.9 Å². The molecular weight excluding hydrogens is 380 g/mol.